The van der Waals surface area contributed by atoms with Gasteiger partial charge in [-0.15, -0.1) is 4.91 Å². The summed E-state index contributed by atoms with van der Waals surface area (Å²) in [7, 11) is 0. The number of rotatable bonds is 4. The highest BCUT2D eigenvalue weighted by Crippen LogP contribution is 2.26. The number of nitrogens with two attached hydrogens (primary N) is 1. The molecule has 0 spiro atoms. The minimum atomic E-state index is 0.360. The van der Waals surface area contributed by atoms with E-state index in [1.54, 1.807) is 48.8 Å². The first-order valence-electron chi connectivity index (χ1n) is 5.27. The molecule has 18 heavy (non-hydrogen) atoms. The molecular weight excluding hydrogens is 230 g/mol. The van der Waals surface area contributed by atoms with Crippen LogP contribution in [0.5, 0.6) is 11.5 Å². The highest BCUT2D eigenvalue weighted by Gasteiger charge is 2.02. The monoisotopic (exact) mass is 241 g/mol. The highest BCUT2D eigenvalue weighted by atomic mass is 16.5. The molecule has 0 fully saturated rings. The Balaban J connectivity index is 2.24. The quantitative estimate of drug-likeness (QED) is 0.834. The van der Waals surface area contributed by atoms with E-state index in [9.17, 15) is 4.91 Å². The van der Waals surface area contributed by atoms with Gasteiger partial charge in [-0.25, -0.2) is 0 Å². The first-order chi connectivity index (χ1) is 8.83. The summed E-state index contributed by atoms with van der Waals surface area (Å²) in [5, 5.41) is 2.82. The van der Waals surface area contributed by atoms with E-state index in [1.807, 2.05) is 0 Å². The molecule has 0 amide bonds. The Morgan fingerprint density at radius 3 is 2.67 bits per heavy atom. The van der Waals surface area contributed by atoms with Crippen molar-refractivity contribution in [3.8, 4) is 11.5 Å². The van der Waals surface area contributed by atoms with Gasteiger partial charge in [-0.3, -0.25) is 4.98 Å². The van der Waals surface area contributed by atoms with Gasteiger partial charge in [-0.05, 0) is 47.8 Å². The fourth-order valence-corrected chi connectivity index (χ4v) is 1.42. The summed E-state index contributed by atoms with van der Waals surface area (Å²) < 4.78 is 5.67. The first-order valence-corrected chi connectivity index (χ1v) is 5.27. The molecular formula is C13H11N3O2. The number of nitrogens with zero attached hydrogens (tertiary/aromatic N) is 2. The van der Waals surface area contributed by atoms with Crippen LogP contribution >= 0.6 is 0 Å². The van der Waals surface area contributed by atoms with Gasteiger partial charge in [-0.2, -0.15) is 0 Å². The van der Waals surface area contributed by atoms with E-state index in [4.69, 9.17) is 10.5 Å². The van der Waals surface area contributed by atoms with Crippen molar-refractivity contribution in [1.82, 2.24) is 4.98 Å². The Bertz CT molecular complexity index is 565. The molecule has 5 heteroatoms. The lowest BCUT2D eigenvalue weighted by molar-refractivity contribution is 0.481. The molecule has 0 radical (unpaired) electrons. The maximum atomic E-state index is 10.3. The number of aromatic nitrogens is 1. The second-order valence-electron chi connectivity index (χ2n) is 3.46. The standard InChI is InChI=1S/C13H11N3O2/c14-7-5-10-9-15-8-6-13(10)18-12-3-1-11(16-17)2-4-12/h1-9H,14H2/b7-5-. The van der Waals surface area contributed by atoms with Gasteiger partial charge in [0.25, 0.3) is 0 Å². The van der Waals surface area contributed by atoms with Crippen LogP contribution in [0.2, 0.25) is 0 Å². The predicted molar refractivity (Wildman–Crippen MR) is 69.4 cm³/mol. The van der Waals surface area contributed by atoms with Gasteiger partial charge in [-0.1, -0.05) is 0 Å². The van der Waals surface area contributed by atoms with Crippen molar-refractivity contribution in [3.05, 3.63) is 59.4 Å². The van der Waals surface area contributed by atoms with Gasteiger partial charge in [0, 0.05) is 18.0 Å². The summed E-state index contributed by atoms with van der Waals surface area (Å²) in [6.07, 6.45) is 6.40. The molecule has 0 aliphatic rings. The lowest BCUT2D eigenvalue weighted by atomic mass is 10.2. The Morgan fingerprint density at radius 2 is 2.00 bits per heavy atom. The van der Waals surface area contributed by atoms with Crippen LogP contribution in [0.15, 0.2) is 54.1 Å². The van der Waals surface area contributed by atoms with E-state index in [1.165, 1.54) is 6.20 Å². The maximum absolute atomic E-state index is 10.3. The summed E-state index contributed by atoms with van der Waals surface area (Å²) >= 11 is 0. The lowest BCUT2D eigenvalue weighted by Gasteiger charge is -2.07. The largest absolute Gasteiger partial charge is 0.457 e. The minimum Gasteiger partial charge on any atom is -0.457 e. The van der Waals surface area contributed by atoms with Crippen molar-refractivity contribution in [3.63, 3.8) is 0 Å². The van der Waals surface area contributed by atoms with Crippen LogP contribution in [-0.4, -0.2) is 4.98 Å². The van der Waals surface area contributed by atoms with E-state index in [-0.39, 0.29) is 0 Å². The molecule has 0 aliphatic carbocycles. The van der Waals surface area contributed by atoms with E-state index in [0.717, 1.165) is 5.56 Å². The van der Waals surface area contributed by atoms with Crippen LogP contribution in [0.4, 0.5) is 5.69 Å². The van der Waals surface area contributed by atoms with Crippen molar-refractivity contribution in [1.29, 1.82) is 0 Å². The van der Waals surface area contributed by atoms with Crippen LogP contribution in [0, 0.1) is 4.91 Å². The van der Waals surface area contributed by atoms with Crippen LogP contribution in [0.25, 0.3) is 6.08 Å². The summed E-state index contributed by atoms with van der Waals surface area (Å²) in [6.45, 7) is 0. The van der Waals surface area contributed by atoms with E-state index < -0.39 is 0 Å². The zero-order chi connectivity index (χ0) is 12.8. The average Bonchev–Trinajstić information content (AvgIpc) is 2.42. The highest BCUT2D eigenvalue weighted by molar-refractivity contribution is 5.56. The summed E-state index contributed by atoms with van der Waals surface area (Å²) in [6, 6.07) is 8.26. The molecule has 1 aromatic carbocycles. The summed E-state index contributed by atoms with van der Waals surface area (Å²) in [4.78, 5) is 14.3. The second kappa shape index (κ2) is 5.58. The SMILES string of the molecule is N/C=C\c1cnccc1Oc1ccc(N=O)cc1. The fraction of sp³-hybridized carbons (Fsp3) is 0. The maximum Gasteiger partial charge on any atom is 0.137 e. The van der Waals surface area contributed by atoms with Gasteiger partial charge in [0.2, 0.25) is 0 Å². The van der Waals surface area contributed by atoms with Gasteiger partial charge >= 0.3 is 0 Å². The molecule has 0 atom stereocenters. The fourth-order valence-electron chi connectivity index (χ4n) is 1.42. The molecule has 2 aromatic rings. The molecule has 1 heterocycles. The van der Waals surface area contributed by atoms with Gasteiger partial charge in [0.05, 0.1) is 0 Å². The van der Waals surface area contributed by atoms with Crippen molar-refractivity contribution >= 4 is 11.8 Å². The van der Waals surface area contributed by atoms with Crippen LogP contribution in [-0.2, 0) is 0 Å². The van der Waals surface area contributed by atoms with E-state index in [2.05, 4.69) is 10.2 Å². The number of ether oxygens (including phenoxy) is 1. The topological polar surface area (TPSA) is 77.6 Å². The Labute approximate surface area is 104 Å². The molecule has 0 bridgehead atoms. The van der Waals surface area contributed by atoms with Gasteiger partial charge in [0.1, 0.15) is 17.2 Å². The Hall–Kier alpha value is -2.69. The molecule has 5 nitrogen and oxygen atoms in total. The number of pyridine rings is 1. The molecule has 1 aromatic heterocycles. The number of benzene rings is 1. The minimum absolute atomic E-state index is 0.360. The Morgan fingerprint density at radius 1 is 1.22 bits per heavy atom. The van der Waals surface area contributed by atoms with E-state index >= 15 is 0 Å². The van der Waals surface area contributed by atoms with Gasteiger partial charge in [0.15, 0.2) is 0 Å². The number of nitroso groups, excluding NO2 is 1. The van der Waals surface area contributed by atoms with Crippen LogP contribution in [0.1, 0.15) is 5.56 Å². The van der Waals surface area contributed by atoms with Crippen molar-refractivity contribution in [2.75, 3.05) is 0 Å². The zero-order valence-electron chi connectivity index (χ0n) is 9.48. The third-order valence-electron chi connectivity index (χ3n) is 2.26. The van der Waals surface area contributed by atoms with Gasteiger partial charge < -0.3 is 10.5 Å². The number of hydrogen-bond acceptors (Lipinski definition) is 5. The van der Waals surface area contributed by atoms with Crippen LogP contribution in [0.3, 0.4) is 0 Å². The molecule has 0 aliphatic heterocycles. The normalized spacial score (nSPS) is 10.4. The first kappa shape index (κ1) is 11.8. The summed E-state index contributed by atoms with van der Waals surface area (Å²) in [5.41, 5.74) is 6.49. The lowest BCUT2D eigenvalue weighted by Crippen LogP contribution is -1.89. The van der Waals surface area contributed by atoms with Crippen molar-refractivity contribution in [2.24, 2.45) is 10.9 Å². The van der Waals surface area contributed by atoms with Crippen LogP contribution < -0.4 is 10.5 Å². The smallest absolute Gasteiger partial charge is 0.137 e. The van der Waals surface area contributed by atoms with Crippen molar-refractivity contribution < 1.29 is 4.74 Å². The zero-order valence-corrected chi connectivity index (χ0v) is 9.48. The average molecular weight is 241 g/mol. The number of hydrogen-bond donors (Lipinski definition) is 1. The van der Waals surface area contributed by atoms with Crippen molar-refractivity contribution in [2.45, 2.75) is 0 Å². The molecule has 0 unspecified atom stereocenters. The predicted octanol–water partition coefficient (Wildman–Crippen LogP) is 3.20. The van der Waals surface area contributed by atoms with E-state index in [0.29, 0.717) is 17.2 Å². The Kier molecular flexibility index (Phi) is 3.66. The molecule has 90 valence electrons. The molecule has 2 rings (SSSR count). The molecule has 2 N–H and O–H groups in total. The molecule has 0 saturated heterocycles. The third-order valence-corrected chi connectivity index (χ3v) is 2.26. The second-order valence-corrected chi connectivity index (χ2v) is 3.46. The third kappa shape index (κ3) is 2.70. The molecule has 0 saturated carbocycles. The summed E-state index contributed by atoms with van der Waals surface area (Å²) in [5.74, 6) is 1.25.